The Morgan fingerprint density at radius 3 is 1.27 bits per heavy atom. The van der Waals surface area contributed by atoms with Crippen molar-refractivity contribution in [1.29, 1.82) is 0 Å². The molecule has 4 N–H and O–H groups in total. The van der Waals surface area contributed by atoms with Crippen molar-refractivity contribution < 1.29 is 19.8 Å². The lowest BCUT2D eigenvalue weighted by molar-refractivity contribution is 0.101. The van der Waals surface area contributed by atoms with Gasteiger partial charge in [-0.05, 0) is 119 Å². The molecular formula is C50H38Cl2N6O4. The second kappa shape index (κ2) is 18.1. The average molecular weight is 858 g/mol. The highest BCUT2D eigenvalue weighted by molar-refractivity contribution is 6.31. The van der Waals surface area contributed by atoms with E-state index in [0.29, 0.717) is 54.3 Å². The molecule has 8 aromatic carbocycles. The van der Waals surface area contributed by atoms with Crippen molar-refractivity contribution in [1.82, 2.24) is 0 Å². The van der Waals surface area contributed by atoms with Crippen LogP contribution in [0.5, 0.6) is 11.5 Å². The number of halogens is 2. The number of fused-ring (bicyclic) bond motifs is 2. The van der Waals surface area contributed by atoms with E-state index in [2.05, 4.69) is 31.1 Å². The zero-order valence-electron chi connectivity index (χ0n) is 33.5. The molecule has 0 saturated heterocycles. The molecule has 0 atom stereocenters. The Morgan fingerprint density at radius 2 is 0.887 bits per heavy atom. The fourth-order valence-corrected chi connectivity index (χ4v) is 7.58. The summed E-state index contributed by atoms with van der Waals surface area (Å²) >= 11 is 12.6. The molecule has 0 aliphatic carbocycles. The Hall–Kier alpha value is -7.40. The number of nitrogens with one attached hydrogen (secondary N) is 2. The van der Waals surface area contributed by atoms with Gasteiger partial charge in [0.05, 0.1) is 22.5 Å². The van der Waals surface area contributed by atoms with Crippen LogP contribution in [0.3, 0.4) is 0 Å². The number of nitrogens with zero attached hydrogens (tertiary/aromatic N) is 4. The van der Waals surface area contributed by atoms with Crippen molar-refractivity contribution in [2.24, 2.45) is 20.5 Å². The van der Waals surface area contributed by atoms with Crippen LogP contribution in [0.1, 0.15) is 45.7 Å². The van der Waals surface area contributed by atoms with Gasteiger partial charge in [-0.15, -0.1) is 10.2 Å². The lowest BCUT2D eigenvalue weighted by Crippen LogP contribution is -2.12. The number of amides is 2. The molecule has 0 saturated carbocycles. The monoisotopic (exact) mass is 856 g/mol. The van der Waals surface area contributed by atoms with E-state index in [1.54, 1.807) is 60.7 Å². The predicted molar refractivity (Wildman–Crippen MR) is 249 cm³/mol. The van der Waals surface area contributed by atoms with Crippen LogP contribution in [-0.2, 0) is 12.8 Å². The molecule has 8 aromatic rings. The van der Waals surface area contributed by atoms with Crippen LogP contribution in [0.25, 0.3) is 32.7 Å². The van der Waals surface area contributed by atoms with Gasteiger partial charge in [-0.3, -0.25) is 9.59 Å². The van der Waals surface area contributed by atoms with Crippen LogP contribution < -0.4 is 10.6 Å². The zero-order valence-corrected chi connectivity index (χ0v) is 35.0. The smallest absolute Gasteiger partial charge is 0.259 e. The van der Waals surface area contributed by atoms with Crippen LogP contribution in [0.2, 0.25) is 10.0 Å². The number of aromatic hydroxyl groups is 2. The topological polar surface area (TPSA) is 148 Å². The minimum atomic E-state index is -0.517. The second-order valence-corrected chi connectivity index (χ2v) is 15.2. The van der Waals surface area contributed by atoms with E-state index in [0.717, 1.165) is 35.1 Å². The summed E-state index contributed by atoms with van der Waals surface area (Å²) in [5.74, 6) is -1.62. The van der Waals surface area contributed by atoms with Gasteiger partial charge in [0.2, 0.25) is 0 Å². The van der Waals surface area contributed by atoms with Crippen molar-refractivity contribution in [3.05, 3.63) is 178 Å². The Balaban J connectivity index is 0.971. The number of aryl methyl sites for hydroxylation is 2. The minimum Gasteiger partial charge on any atom is -0.505 e. The number of phenols is 2. The van der Waals surface area contributed by atoms with Crippen LogP contribution in [-0.4, -0.2) is 22.0 Å². The number of phenolic OH excluding ortho intramolecular Hbond substituents is 2. The van der Waals surface area contributed by atoms with E-state index in [1.165, 1.54) is 0 Å². The van der Waals surface area contributed by atoms with Crippen molar-refractivity contribution in [2.45, 2.75) is 26.7 Å². The first-order valence-corrected chi connectivity index (χ1v) is 20.6. The molecule has 12 heteroatoms. The van der Waals surface area contributed by atoms with Gasteiger partial charge in [-0.25, -0.2) is 0 Å². The highest BCUT2D eigenvalue weighted by atomic mass is 35.5. The maximum absolute atomic E-state index is 13.6. The number of anilines is 2. The van der Waals surface area contributed by atoms with Crippen LogP contribution in [0.4, 0.5) is 34.1 Å². The predicted octanol–water partition coefficient (Wildman–Crippen LogP) is 14.8. The molecule has 2 amide bonds. The molecule has 10 nitrogen and oxygen atoms in total. The third-order valence-electron chi connectivity index (χ3n) is 10.4. The first kappa shape index (κ1) is 41.3. The van der Waals surface area contributed by atoms with E-state index >= 15 is 0 Å². The fourth-order valence-electron chi connectivity index (χ4n) is 7.08. The number of hydrogen-bond donors (Lipinski definition) is 4. The molecule has 0 heterocycles. The Labute approximate surface area is 367 Å². The number of carbonyl (C=O) groups is 2. The Morgan fingerprint density at radius 1 is 0.500 bits per heavy atom. The highest BCUT2D eigenvalue weighted by Crippen LogP contribution is 2.42. The zero-order chi connectivity index (χ0) is 43.3. The number of azo groups is 2. The molecule has 0 fully saturated rings. The molecule has 0 aliphatic heterocycles. The molecule has 0 aliphatic rings. The first-order valence-electron chi connectivity index (χ1n) is 19.8. The van der Waals surface area contributed by atoms with E-state index in [9.17, 15) is 19.8 Å². The molecule has 306 valence electrons. The SMILES string of the molecule is CCc1cc(N=Nc2c(O)c(C(=O)Nc3ccc(-c4ccc(NC(=O)c5cc6ccccc6c(N=Nc6ccc(Cl)c(CC)c6)c5O)cc4)cc3)cc3ccccc23)ccc1Cl. The molecule has 0 bridgehead atoms. The number of hydrogen-bond acceptors (Lipinski definition) is 8. The Kier molecular flexibility index (Phi) is 12.0. The average Bonchev–Trinajstić information content (AvgIpc) is 3.29. The molecule has 0 unspecified atom stereocenters. The van der Waals surface area contributed by atoms with E-state index in [1.807, 2.05) is 98.8 Å². The Bertz CT molecular complexity index is 2870. The summed E-state index contributed by atoms with van der Waals surface area (Å²) in [4.78, 5) is 27.2. The van der Waals surface area contributed by atoms with Crippen molar-refractivity contribution in [3.8, 4) is 22.6 Å². The summed E-state index contributed by atoms with van der Waals surface area (Å²) in [7, 11) is 0. The molecule has 8 rings (SSSR count). The van der Waals surface area contributed by atoms with Gasteiger partial charge in [-0.1, -0.05) is 110 Å². The van der Waals surface area contributed by atoms with Crippen LogP contribution in [0.15, 0.2) is 166 Å². The molecule has 0 radical (unpaired) electrons. The minimum absolute atomic E-state index is 0.0470. The van der Waals surface area contributed by atoms with Gasteiger partial charge in [0.1, 0.15) is 11.4 Å². The van der Waals surface area contributed by atoms with Gasteiger partial charge >= 0.3 is 0 Å². The first-order chi connectivity index (χ1) is 30.1. The summed E-state index contributed by atoms with van der Waals surface area (Å²) in [5, 5.41) is 50.0. The summed E-state index contributed by atoms with van der Waals surface area (Å²) in [5.41, 5.74) is 6.19. The van der Waals surface area contributed by atoms with Crippen LogP contribution in [0, 0.1) is 0 Å². The summed E-state index contributed by atoms with van der Waals surface area (Å²) in [6.45, 7) is 3.99. The van der Waals surface area contributed by atoms with Gasteiger partial charge in [0, 0.05) is 32.2 Å². The number of carbonyl (C=O) groups excluding carboxylic acids is 2. The number of rotatable bonds is 11. The molecule has 0 spiro atoms. The van der Waals surface area contributed by atoms with E-state index in [4.69, 9.17) is 23.2 Å². The largest absolute Gasteiger partial charge is 0.505 e. The number of benzene rings is 8. The maximum atomic E-state index is 13.6. The normalized spacial score (nSPS) is 11.5. The van der Waals surface area contributed by atoms with Crippen LogP contribution >= 0.6 is 23.2 Å². The molecular weight excluding hydrogens is 819 g/mol. The molecule has 62 heavy (non-hydrogen) atoms. The maximum Gasteiger partial charge on any atom is 0.259 e. The third kappa shape index (κ3) is 8.74. The van der Waals surface area contributed by atoms with Crippen molar-refractivity contribution >= 4 is 90.7 Å². The quantitative estimate of drug-likeness (QED) is 0.0958. The second-order valence-electron chi connectivity index (χ2n) is 14.4. The standard InChI is InChI=1S/C50H38Cl2N6O4/c1-3-29-25-37(21-23-43(29)51)55-57-45-39-11-7-5-9-33(39)27-41(47(45)59)49(61)53-35-17-13-31(14-18-35)32-15-19-36(20-16-32)54-50(62)42-28-34-10-6-8-12-40(34)46(48(42)60)58-56-38-22-24-44(52)30(4-2)26-38/h5-28,59-60H,3-4H2,1-2H3,(H,53,61)(H,54,62). The fraction of sp³-hybridized carbons (Fsp3) is 0.0800. The molecule has 0 aromatic heterocycles. The lowest BCUT2D eigenvalue weighted by Gasteiger charge is -2.12. The van der Waals surface area contributed by atoms with Gasteiger partial charge in [-0.2, -0.15) is 10.2 Å². The van der Waals surface area contributed by atoms with Gasteiger partial charge in [0.15, 0.2) is 11.5 Å². The summed E-state index contributed by atoms with van der Waals surface area (Å²) in [6.07, 6.45) is 1.45. The summed E-state index contributed by atoms with van der Waals surface area (Å²) in [6, 6.07) is 43.1. The highest BCUT2D eigenvalue weighted by Gasteiger charge is 2.21. The summed E-state index contributed by atoms with van der Waals surface area (Å²) < 4.78 is 0. The van der Waals surface area contributed by atoms with E-state index in [-0.39, 0.29) is 34.0 Å². The van der Waals surface area contributed by atoms with E-state index < -0.39 is 11.8 Å². The van der Waals surface area contributed by atoms with Gasteiger partial charge < -0.3 is 20.8 Å². The van der Waals surface area contributed by atoms with Crippen molar-refractivity contribution in [3.63, 3.8) is 0 Å². The van der Waals surface area contributed by atoms with Crippen molar-refractivity contribution in [2.75, 3.05) is 10.6 Å². The third-order valence-corrected chi connectivity index (χ3v) is 11.2. The lowest BCUT2D eigenvalue weighted by atomic mass is 10.0. The van der Waals surface area contributed by atoms with Gasteiger partial charge in [0.25, 0.3) is 11.8 Å².